The molecule has 0 radical (unpaired) electrons. The van der Waals surface area contributed by atoms with Gasteiger partial charge in [0.2, 0.25) is 0 Å². The van der Waals surface area contributed by atoms with Crippen molar-refractivity contribution >= 4 is 28.3 Å². The van der Waals surface area contributed by atoms with Gasteiger partial charge in [-0.2, -0.15) is 0 Å². The minimum atomic E-state index is -4.13. The fraction of sp³-hybridized carbons (Fsp3) is 0.550. The SMILES string of the molecule is COC[C@@]12C(=O)N(S(=O)(=O)c3ccc(C)cc3)CC[C@@H]1[C@H](CC=O)CN2C(=O)OC. The molecule has 9 nitrogen and oxygen atoms in total. The number of nitrogens with zero attached hydrogens (tertiary/aromatic N) is 2. The Morgan fingerprint density at radius 1 is 1.27 bits per heavy atom. The van der Waals surface area contributed by atoms with E-state index in [0.29, 0.717) is 6.42 Å². The van der Waals surface area contributed by atoms with Gasteiger partial charge in [0.15, 0.2) is 5.54 Å². The highest BCUT2D eigenvalue weighted by Gasteiger charge is 2.64. The van der Waals surface area contributed by atoms with Gasteiger partial charge in [0.1, 0.15) is 6.29 Å². The first-order chi connectivity index (χ1) is 14.2. The molecule has 0 saturated carbocycles. The highest BCUT2D eigenvalue weighted by molar-refractivity contribution is 7.89. The summed E-state index contributed by atoms with van der Waals surface area (Å²) in [5.74, 6) is -1.44. The van der Waals surface area contributed by atoms with Crippen molar-refractivity contribution in [1.82, 2.24) is 9.21 Å². The van der Waals surface area contributed by atoms with Crippen molar-refractivity contribution in [3.63, 3.8) is 0 Å². The highest BCUT2D eigenvalue weighted by Crippen LogP contribution is 2.47. The maximum atomic E-state index is 13.7. The molecule has 10 heteroatoms. The van der Waals surface area contributed by atoms with Crippen LogP contribution in [0.2, 0.25) is 0 Å². The van der Waals surface area contributed by atoms with Gasteiger partial charge in [0, 0.05) is 32.5 Å². The van der Waals surface area contributed by atoms with Gasteiger partial charge in [-0.15, -0.1) is 0 Å². The van der Waals surface area contributed by atoms with E-state index < -0.39 is 33.5 Å². The van der Waals surface area contributed by atoms with E-state index in [1.54, 1.807) is 12.1 Å². The Morgan fingerprint density at radius 2 is 1.93 bits per heavy atom. The zero-order chi connectivity index (χ0) is 22.1. The van der Waals surface area contributed by atoms with Crippen molar-refractivity contribution in [3.8, 4) is 0 Å². The molecule has 2 fully saturated rings. The normalized spacial score (nSPS) is 26.4. The van der Waals surface area contributed by atoms with Crippen molar-refractivity contribution in [1.29, 1.82) is 0 Å². The second kappa shape index (κ2) is 8.35. The van der Waals surface area contributed by atoms with Crippen molar-refractivity contribution < 1.29 is 32.3 Å². The van der Waals surface area contributed by atoms with Crippen LogP contribution in [0, 0.1) is 18.8 Å². The van der Waals surface area contributed by atoms with Gasteiger partial charge >= 0.3 is 6.09 Å². The van der Waals surface area contributed by atoms with Gasteiger partial charge in [-0.1, -0.05) is 17.7 Å². The van der Waals surface area contributed by atoms with Crippen molar-refractivity contribution in [2.24, 2.45) is 11.8 Å². The van der Waals surface area contributed by atoms with Crippen molar-refractivity contribution in [2.45, 2.75) is 30.2 Å². The van der Waals surface area contributed by atoms with Gasteiger partial charge in [-0.05, 0) is 31.4 Å². The molecule has 0 N–H and O–H groups in total. The summed E-state index contributed by atoms with van der Waals surface area (Å²) in [6.45, 7) is 1.72. The van der Waals surface area contributed by atoms with Crippen molar-refractivity contribution in [2.75, 3.05) is 33.9 Å². The van der Waals surface area contributed by atoms with Crippen LogP contribution in [0.3, 0.4) is 0 Å². The van der Waals surface area contributed by atoms with E-state index in [9.17, 15) is 22.8 Å². The second-order valence-electron chi connectivity index (χ2n) is 7.69. The number of fused-ring (bicyclic) bond motifs is 1. The van der Waals surface area contributed by atoms with Crippen LogP contribution in [0.15, 0.2) is 29.2 Å². The number of benzene rings is 1. The fourth-order valence-electron chi connectivity index (χ4n) is 4.68. The number of hydrogen-bond donors (Lipinski definition) is 0. The first-order valence-electron chi connectivity index (χ1n) is 9.66. The molecule has 30 heavy (non-hydrogen) atoms. The summed E-state index contributed by atoms with van der Waals surface area (Å²) in [5, 5.41) is 0. The molecule has 2 aliphatic heterocycles. The second-order valence-corrected chi connectivity index (χ2v) is 9.55. The zero-order valence-electron chi connectivity index (χ0n) is 17.2. The Labute approximate surface area is 176 Å². The first kappa shape index (κ1) is 22.2. The van der Waals surface area contributed by atoms with Gasteiger partial charge < -0.3 is 14.3 Å². The lowest BCUT2D eigenvalue weighted by Crippen LogP contribution is -2.67. The topological polar surface area (TPSA) is 110 Å². The third-order valence-electron chi connectivity index (χ3n) is 6.09. The predicted molar refractivity (Wildman–Crippen MR) is 106 cm³/mol. The van der Waals surface area contributed by atoms with Gasteiger partial charge in [-0.3, -0.25) is 9.69 Å². The quantitative estimate of drug-likeness (QED) is 0.614. The monoisotopic (exact) mass is 438 g/mol. The number of methoxy groups -OCH3 is 2. The van der Waals surface area contributed by atoms with Crippen LogP contribution in [-0.2, 0) is 29.1 Å². The number of carbonyl (C=O) groups is 3. The number of aryl methyl sites for hydroxylation is 1. The Kier molecular flexibility index (Phi) is 6.19. The molecule has 1 aromatic rings. The van der Waals surface area contributed by atoms with E-state index in [1.807, 2.05) is 6.92 Å². The van der Waals surface area contributed by atoms with E-state index in [4.69, 9.17) is 9.47 Å². The zero-order valence-corrected chi connectivity index (χ0v) is 18.1. The van der Waals surface area contributed by atoms with Crippen LogP contribution >= 0.6 is 0 Å². The molecule has 0 aromatic heterocycles. The third kappa shape index (κ3) is 3.37. The lowest BCUT2D eigenvalue weighted by Gasteiger charge is -2.46. The van der Waals surface area contributed by atoms with E-state index in [1.165, 1.54) is 31.3 Å². The van der Waals surface area contributed by atoms with Crippen LogP contribution in [-0.4, -0.2) is 75.4 Å². The minimum absolute atomic E-state index is 0.000441. The number of ether oxygens (including phenoxy) is 2. The maximum Gasteiger partial charge on any atom is 0.410 e. The average Bonchev–Trinajstić information content (AvgIpc) is 3.03. The van der Waals surface area contributed by atoms with Crippen molar-refractivity contribution in [3.05, 3.63) is 29.8 Å². The predicted octanol–water partition coefficient (Wildman–Crippen LogP) is 1.20. The van der Waals surface area contributed by atoms with E-state index in [-0.39, 0.29) is 36.9 Å². The number of sulfonamides is 1. The number of likely N-dealkylation sites (tertiary alicyclic amines) is 1. The molecule has 164 valence electrons. The van der Waals surface area contributed by atoms with E-state index >= 15 is 0 Å². The summed E-state index contributed by atoms with van der Waals surface area (Å²) in [7, 11) is -1.55. The molecule has 0 bridgehead atoms. The highest BCUT2D eigenvalue weighted by atomic mass is 32.2. The summed E-state index contributed by atoms with van der Waals surface area (Å²) >= 11 is 0. The van der Waals surface area contributed by atoms with Gasteiger partial charge in [0.05, 0.1) is 18.6 Å². The Bertz CT molecular complexity index is 931. The first-order valence-corrected chi connectivity index (χ1v) is 11.1. The maximum absolute atomic E-state index is 13.7. The van der Waals surface area contributed by atoms with Gasteiger partial charge in [0.25, 0.3) is 15.9 Å². The molecular formula is C20H26N2O7S. The fourth-order valence-corrected chi connectivity index (χ4v) is 6.14. The third-order valence-corrected chi connectivity index (χ3v) is 7.89. The molecular weight excluding hydrogens is 412 g/mol. The lowest BCUT2D eigenvalue weighted by molar-refractivity contribution is -0.148. The molecule has 3 rings (SSSR count). The average molecular weight is 439 g/mol. The van der Waals surface area contributed by atoms with Crippen LogP contribution in [0.5, 0.6) is 0 Å². The smallest absolute Gasteiger partial charge is 0.410 e. The minimum Gasteiger partial charge on any atom is -0.453 e. The number of amides is 2. The largest absolute Gasteiger partial charge is 0.453 e. The Morgan fingerprint density at radius 3 is 2.50 bits per heavy atom. The molecule has 2 amide bonds. The van der Waals surface area contributed by atoms with Gasteiger partial charge in [-0.25, -0.2) is 17.5 Å². The molecule has 3 atom stereocenters. The molecule has 0 spiro atoms. The molecule has 0 aliphatic carbocycles. The molecule has 0 unspecified atom stereocenters. The van der Waals surface area contributed by atoms with E-state index in [0.717, 1.165) is 16.2 Å². The number of rotatable bonds is 6. The summed E-state index contributed by atoms with van der Waals surface area (Å²) in [4.78, 5) is 38.7. The summed E-state index contributed by atoms with van der Waals surface area (Å²) in [6, 6.07) is 6.22. The molecule has 2 saturated heterocycles. The van der Waals surface area contributed by atoms with E-state index in [2.05, 4.69) is 0 Å². The number of hydrogen-bond acceptors (Lipinski definition) is 7. The van der Waals surface area contributed by atoms with Crippen LogP contribution < -0.4 is 0 Å². The number of carbonyl (C=O) groups excluding carboxylic acids is 3. The number of aldehydes is 1. The molecule has 2 heterocycles. The van der Waals surface area contributed by atoms with Crippen LogP contribution in [0.4, 0.5) is 4.79 Å². The summed E-state index contributed by atoms with van der Waals surface area (Å²) in [5.41, 5.74) is -0.662. The lowest BCUT2D eigenvalue weighted by atomic mass is 9.74. The number of piperidine rings is 1. The molecule has 2 aliphatic rings. The van der Waals surface area contributed by atoms with Crippen LogP contribution in [0.25, 0.3) is 0 Å². The molecule has 1 aromatic carbocycles. The Hall–Kier alpha value is -2.46. The standard InChI is InChI=1S/C20H26N2O7S/c1-14-4-6-16(7-5-14)30(26,27)22-10-8-17-15(9-11-23)12-21(19(25)29-3)20(17,13-28-2)18(22)24/h4-7,11,15,17H,8-10,12-13H2,1-3H3/t15-,17-,20+/m1/s1. The summed E-state index contributed by atoms with van der Waals surface area (Å²) in [6.07, 6.45) is 0.463. The Balaban J connectivity index is 2.09. The summed E-state index contributed by atoms with van der Waals surface area (Å²) < 4.78 is 37.5. The van der Waals surface area contributed by atoms with Crippen LogP contribution in [0.1, 0.15) is 18.4 Å².